The zero-order valence-electron chi connectivity index (χ0n) is 16.6. The summed E-state index contributed by atoms with van der Waals surface area (Å²) in [5.41, 5.74) is 8.51. The molecule has 0 nitrogen and oxygen atoms in total. The smallest absolute Gasteiger partial charge is 1.00 e. The molecule has 0 aromatic heterocycles. The van der Waals surface area contributed by atoms with Gasteiger partial charge in [-0.3, -0.25) is 6.08 Å². The van der Waals surface area contributed by atoms with Crippen LogP contribution in [-0.4, -0.2) is 0 Å². The van der Waals surface area contributed by atoms with Crippen molar-refractivity contribution >= 4 is 10.8 Å². The van der Waals surface area contributed by atoms with Crippen LogP contribution in [0.4, 0.5) is 0 Å². The van der Waals surface area contributed by atoms with Crippen LogP contribution < -0.4 is 9.41 Å². The molecule has 2 aromatic rings. The third-order valence-corrected chi connectivity index (χ3v) is 5.03. The van der Waals surface area contributed by atoms with Gasteiger partial charge >= 0.3 is 26.2 Å². The van der Waals surface area contributed by atoms with E-state index in [4.69, 9.17) is 0 Å². The van der Waals surface area contributed by atoms with Crippen LogP contribution in [0, 0.1) is 32.3 Å². The SMILES string of the molecule is CC1=[C-]C(C)(C)C(C)=C1C.Cc1cc2c(C)ccc(C)c2[cH-]1.[F-].[F-].[Zr+4]. The summed E-state index contributed by atoms with van der Waals surface area (Å²) >= 11 is 0. The van der Waals surface area contributed by atoms with Crippen LogP contribution in [0.2, 0.25) is 0 Å². The van der Waals surface area contributed by atoms with E-state index in [9.17, 15) is 0 Å². The summed E-state index contributed by atoms with van der Waals surface area (Å²) in [6.07, 6.45) is 3.44. The van der Waals surface area contributed by atoms with Crippen molar-refractivity contribution in [3.63, 3.8) is 0 Å². The van der Waals surface area contributed by atoms with E-state index in [0.29, 0.717) is 0 Å². The molecule has 0 aliphatic heterocycles. The number of hydrogen-bond acceptors (Lipinski definition) is 0. The molecule has 0 bridgehead atoms. The summed E-state index contributed by atoms with van der Waals surface area (Å²) in [4.78, 5) is 0. The minimum absolute atomic E-state index is 0. The molecule has 0 amide bonds. The maximum absolute atomic E-state index is 3.44. The largest absolute Gasteiger partial charge is 4.00 e. The van der Waals surface area contributed by atoms with Crippen molar-refractivity contribution < 1.29 is 35.6 Å². The van der Waals surface area contributed by atoms with Crippen molar-refractivity contribution in [1.29, 1.82) is 0 Å². The predicted molar refractivity (Wildman–Crippen MR) is 98.3 cm³/mol. The van der Waals surface area contributed by atoms with Crippen LogP contribution in [0.3, 0.4) is 0 Å². The molecule has 134 valence electrons. The second kappa shape index (κ2) is 9.67. The Morgan fingerprint density at radius 3 is 1.76 bits per heavy atom. The van der Waals surface area contributed by atoms with Crippen molar-refractivity contribution in [1.82, 2.24) is 0 Å². The Labute approximate surface area is 170 Å². The molecule has 1 aliphatic rings. The van der Waals surface area contributed by atoms with Gasteiger partial charge in [0.05, 0.1) is 0 Å². The summed E-state index contributed by atoms with van der Waals surface area (Å²) in [5.74, 6) is 0. The zero-order valence-corrected chi connectivity index (χ0v) is 19.0. The topological polar surface area (TPSA) is 0 Å². The minimum atomic E-state index is 0. The van der Waals surface area contributed by atoms with Gasteiger partial charge in [0.2, 0.25) is 0 Å². The van der Waals surface area contributed by atoms with E-state index in [2.05, 4.69) is 85.7 Å². The first-order chi connectivity index (χ1) is 10.1. The van der Waals surface area contributed by atoms with Crippen molar-refractivity contribution in [3.8, 4) is 0 Å². The van der Waals surface area contributed by atoms with Crippen LogP contribution in [0.1, 0.15) is 51.3 Å². The maximum Gasteiger partial charge on any atom is 4.00 e. The Kier molecular flexibility index (Phi) is 10.2. The first kappa shape index (κ1) is 26.3. The Morgan fingerprint density at radius 1 is 0.880 bits per heavy atom. The third-order valence-electron chi connectivity index (χ3n) is 5.03. The van der Waals surface area contributed by atoms with Gasteiger partial charge < -0.3 is 9.41 Å². The van der Waals surface area contributed by atoms with E-state index in [1.54, 1.807) is 0 Å². The maximum atomic E-state index is 3.44. The van der Waals surface area contributed by atoms with E-state index in [0.717, 1.165) is 0 Å². The van der Waals surface area contributed by atoms with E-state index < -0.39 is 0 Å². The number of benzene rings is 1. The number of hydrogen-bond donors (Lipinski definition) is 0. The Hall–Kier alpha value is -0.947. The predicted octanol–water partition coefficient (Wildman–Crippen LogP) is 0.602. The average Bonchev–Trinajstić information content (AvgIpc) is 2.91. The van der Waals surface area contributed by atoms with Gasteiger partial charge in [0.25, 0.3) is 0 Å². The average molecular weight is 422 g/mol. The van der Waals surface area contributed by atoms with E-state index in [-0.39, 0.29) is 41.0 Å². The summed E-state index contributed by atoms with van der Waals surface area (Å²) < 4.78 is 0. The molecule has 0 saturated carbocycles. The molecule has 3 rings (SSSR count). The summed E-state index contributed by atoms with van der Waals surface area (Å²) in [5, 5.41) is 2.82. The molecular formula is C22H28F2Zr. The first-order valence-electron chi connectivity index (χ1n) is 8.07. The quantitative estimate of drug-likeness (QED) is 0.547. The summed E-state index contributed by atoms with van der Waals surface area (Å²) in [6.45, 7) is 17.4. The minimum Gasteiger partial charge on any atom is -1.00 e. The molecule has 3 heteroatoms. The van der Waals surface area contributed by atoms with E-state index in [1.165, 1.54) is 44.2 Å². The normalized spacial score (nSPS) is 14.6. The van der Waals surface area contributed by atoms with Gasteiger partial charge in [-0.05, 0) is 6.92 Å². The van der Waals surface area contributed by atoms with Gasteiger partial charge in [-0.2, -0.15) is 17.2 Å². The van der Waals surface area contributed by atoms with Crippen molar-refractivity contribution in [3.05, 3.63) is 63.8 Å². The van der Waals surface area contributed by atoms with Crippen LogP contribution in [0.5, 0.6) is 0 Å². The number of rotatable bonds is 0. The molecule has 2 aromatic carbocycles. The van der Waals surface area contributed by atoms with Crippen LogP contribution in [0.25, 0.3) is 10.8 Å². The Bertz CT molecular complexity index is 738. The molecule has 0 unspecified atom stereocenters. The molecule has 0 heterocycles. The van der Waals surface area contributed by atoms with Crippen molar-refractivity contribution in [2.75, 3.05) is 0 Å². The van der Waals surface area contributed by atoms with Gasteiger partial charge in [-0.15, -0.1) is 41.0 Å². The molecule has 0 saturated heterocycles. The fraction of sp³-hybridized carbons (Fsp3) is 0.409. The van der Waals surface area contributed by atoms with E-state index in [1.807, 2.05) is 0 Å². The second-order valence-electron chi connectivity index (χ2n) is 7.18. The molecule has 0 atom stereocenters. The van der Waals surface area contributed by atoms with Crippen molar-refractivity contribution in [2.45, 2.75) is 55.4 Å². The van der Waals surface area contributed by atoms with Crippen LogP contribution in [-0.2, 0) is 26.2 Å². The van der Waals surface area contributed by atoms with Crippen LogP contribution in [0.15, 0.2) is 41.0 Å². The van der Waals surface area contributed by atoms with Gasteiger partial charge in [-0.25, -0.2) is 5.57 Å². The van der Waals surface area contributed by atoms with Crippen LogP contribution >= 0.6 is 0 Å². The molecule has 25 heavy (non-hydrogen) atoms. The van der Waals surface area contributed by atoms with E-state index >= 15 is 0 Å². The number of halogens is 2. The third kappa shape index (κ3) is 5.51. The fourth-order valence-electron chi connectivity index (χ4n) is 3.14. The summed E-state index contributed by atoms with van der Waals surface area (Å²) in [6, 6.07) is 8.91. The molecule has 0 radical (unpaired) electrons. The summed E-state index contributed by atoms with van der Waals surface area (Å²) in [7, 11) is 0. The van der Waals surface area contributed by atoms with Gasteiger partial charge in [-0.1, -0.05) is 58.6 Å². The molecule has 0 fully saturated rings. The monoisotopic (exact) mass is 420 g/mol. The first-order valence-corrected chi connectivity index (χ1v) is 8.07. The van der Waals surface area contributed by atoms with Gasteiger partial charge in [0, 0.05) is 0 Å². The molecule has 0 spiro atoms. The zero-order chi connectivity index (χ0) is 16.7. The van der Waals surface area contributed by atoms with Gasteiger partial charge in [0.1, 0.15) is 0 Å². The molecular weight excluding hydrogens is 393 g/mol. The fourth-order valence-corrected chi connectivity index (χ4v) is 3.14. The second-order valence-corrected chi connectivity index (χ2v) is 7.18. The standard InChI is InChI=1S/C12H13.C10H15.2FH.Zr/c1-8-6-11-9(2)4-5-10(3)12(11)7-8;1-7-6-10(4,5)9(3)8(7)2;;;/h4-7H,1-3H3;1-5H3;2*1H;/q2*-1;;;+4/p-2. The number of allylic oxidation sites excluding steroid dienone is 4. The number of aryl methyl sites for hydroxylation is 3. The number of fused-ring (bicyclic) bond motifs is 1. The molecule has 0 N–H and O–H groups in total. The Morgan fingerprint density at radius 2 is 1.40 bits per heavy atom. The molecule has 1 aliphatic carbocycles. The van der Waals surface area contributed by atoms with Gasteiger partial charge in [0.15, 0.2) is 0 Å². The Balaban J connectivity index is 0. The van der Waals surface area contributed by atoms with Crippen molar-refractivity contribution in [2.24, 2.45) is 5.41 Å².